The number of Topliss-reactive ketones (excluding diaryl/α,β-unsaturated/α-hetero) is 1. The second-order valence-corrected chi connectivity index (χ2v) is 8.90. The van der Waals surface area contributed by atoms with Crippen LogP contribution in [0.3, 0.4) is 0 Å². The number of hydrogen-bond acceptors (Lipinski definition) is 6. The summed E-state index contributed by atoms with van der Waals surface area (Å²) in [5.74, 6) is 2.29. The first-order chi connectivity index (χ1) is 16.4. The molecule has 1 aliphatic carbocycles. The number of terminal acetylenes is 1. The third kappa shape index (κ3) is 4.07. The van der Waals surface area contributed by atoms with E-state index in [0.29, 0.717) is 40.5 Å². The number of carbonyl (C=O) groups excluding carboxylic acids is 2. The molecular weight excluding hydrogens is 545 g/mol. The van der Waals surface area contributed by atoms with Crippen LogP contribution in [0.2, 0.25) is 0 Å². The van der Waals surface area contributed by atoms with E-state index in [2.05, 4.69) is 33.8 Å². The molecule has 0 unspecified atom stereocenters. The SMILES string of the molecule is C#CCOc1c(I)cc([C@H]2C(C(=O)OCC)=C(C)NC3=C2C(=O)c2ccccc23)cc1OCC. The molecular formula is C27H24INO5. The number of hydrogen-bond donors (Lipinski definition) is 1. The molecule has 0 saturated heterocycles. The smallest absolute Gasteiger partial charge is 0.336 e. The first kappa shape index (κ1) is 23.9. The predicted molar refractivity (Wildman–Crippen MR) is 138 cm³/mol. The first-order valence-corrected chi connectivity index (χ1v) is 12.1. The van der Waals surface area contributed by atoms with Crippen LogP contribution in [-0.2, 0) is 9.53 Å². The molecule has 0 amide bonds. The van der Waals surface area contributed by atoms with Crippen LogP contribution in [0.25, 0.3) is 5.70 Å². The van der Waals surface area contributed by atoms with E-state index in [1.165, 1.54) is 0 Å². The highest BCUT2D eigenvalue weighted by Gasteiger charge is 2.43. The molecule has 2 aliphatic rings. The molecule has 0 spiro atoms. The van der Waals surface area contributed by atoms with Crippen molar-refractivity contribution in [3.05, 3.63) is 73.5 Å². The van der Waals surface area contributed by atoms with E-state index in [4.69, 9.17) is 20.6 Å². The minimum atomic E-state index is -0.635. The quantitative estimate of drug-likeness (QED) is 0.293. The lowest BCUT2D eigenvalue weighted by molar-refractivity contribution is -0.138. The summed E-state index contributed by atoms with van der Waals surface area (Å²) in [6.07, 6.45) is 5.38. The molecule has 0 fully saturated rings. The summed E-state index contributed by atoms with van der Waals surface area (Å²) in [5, 5.41) is 3.31. The molecule has 0 saturated carbocycles. The Morgan fingerprint density at radius 1 is 1.15 bits per heavy atom. The molecule has 0 aromatic heterocycles. The lowest BCUT2D eigenvalue weighted by atomic mass is 9.79. The van der Waals surface area contributed by atoms with Gasteiger partial charge in [-0.05, 0) is 61.1 Å². The second kappa shape index (κ2) is 9.94. The van der Waals surface area contributed by atoms with Crippen molar-refractivity contribution in [1.29, 1.82) is 0 Å². The summed E-state index contributed by atoms with van der Waals surface area (Å²) in [7, 11) is 0. The second-order valence-electron chi connectivity index (χ2n) is 7.74. The van der Waals surface area contributed by atoms with Gasteiger partial charge < -0.3 is 19.5 Å². The van der Waals surface area contributed by atoms with Crippen molar-refractivity contribution >= 4 is 40.0 Å². The molecule has 174 valence electrons. The van der Waals surface area contributed by atoms with Crippen LogP contribution in [0, 0.1) is 15.9 Å². The fraction of sp³-hybridized carbons (Fsp3) is 0.259. The van der Waals surface area contributed by atoms with Crippen molar-refractivity contribution < 1.29 is 23.8 Å². The highest BCUT2D eigenvalue weighted by molar-refractivity contribution is 14.1. The first-order valence-electron chi connectivity index (χ1n) is 11.0. The number of nitrogens with one attached hydrogen (secondary N) is 1. The van der Waals surface area contributed by atoms with Gasteiger partial charge in [-0.25, -0.2) is 4.79 Å². The summed E-state index contributed by atoms with van der Waals surface area (Å²) in [4.78, 5) is 26.7. The zero-order chi connectivity index (χ0) is 24.4. The topological polar surface area (TPSA) is 73.9 Å². The van der Waals surface area contributed by atoms with E-state index in [0.717, 1.165) is 20.4 Å². The van der Waals surface area contributed by atoms with Gasteiger partial charge in [-0.3, -0.25) is 4.79 Å². The van der Waals surface area contributed by atoms with E-state index >= 15 is 0 Å². The Kier molecular flexibility index (Phi) is 6.98. The molecule has 2 aromatic rings. The molecule has 1 N–H and O–H groups in total. The van der Waals surface area contributed by atoms with E-state index < -0.39 is 11.9 Å². The number of benzene rings is 2. The summed E-state index contributed by atoms with van der Waals surface area (Å²) in [6.45, 7) is 6.19. The molecule has 6 nitrogen and oxygen atoms in total. The summed E-state index contributed by atoms with van der Waals surface area (Å²) >= 11 is 2.16. The maximum absolute atomic E-state index is 13.6. The molecule has 7 heteroatoms. The molecule has 1 aliphatic heterocycles. The molecule has 1 atom stereocenters. The zero-order valence-corrected chi connectivity index (χ0v) is 21.3. The molecule has 2 aromatic carbocycles. The molecule has 4 rings (SSSR count). The van der Waals surface area contributed by atoms with Crippen molar-refractivity contribution in [2.24, 2.45) is 0 Å². The maximum Gasteiger partial charge on any atom is 0.336 e. The lowest BCUT2D eigenvalue weighted by Crippen LogP contribution is -2.29. The van der Waals surface area contributed by atoms with Gasteiger partial charge in [0.05, 0.1) is 28.1 Å². The maximum atomic E-state index is 13.6. The Hall–Kier alpha value is -3.25. The highest BCUT2D eigenvalue weighted by atomic mass is 127. The number of ether oxygens (including phenoxy) is 3. The van der Waals surface area contributed by atoms with Crippen LogP contribution in [0.1, 0.15) is 48.2 Å². The number of esters is 1. The molecule has 0 bridgehead atoms. The Morgan fingerprint density at radius 3 is 2.56 bits per heavy atom. The summed E-state index contributed by atoms with van der Waals surface area (Å²) in [6, 6.07) is 11.2. The standard InChI is InChI=1S/C27H24INO5/c1-5-12-34-26-19(28)13-16(14-20(26)32-6-2)22-21(27(31)33-7-3)15(4)29-24-17-10-8-9-11-18(17)25(30)23(22)24/h1,8-11,13-14,22,29H,6-7,12H2,2-4H3/t22-/m0/s1. The van der Waals surface area contributed by atoms with Crippen molar-refractivity contribution in [1.82, 2.24) is 5.32 Å². The third-order valence-electron chi connectivity index (χ3n) is 5.71. The Balaban J connectivity index is 1.93. The van der Waals surface area contributed by atoms with Gasteiger partial charge in [-0.2, -0.15) is 0 Å². The van der Waals surface area contributed by atoms with Gasteiger partial charge in [0, 0.05) is 28.3 Å². The number of allylic oxidation sites excluding steroid dienone is 2. The third-order valence-corrected chi connectivity index (χ3v) is 6.51. The van der Waals surface area contributed by atoms with Crippen LogP contribution in [-0.4, -0.2) is 31.6 Å². The highest BCUT2D eigenvalue weighted by Crippen LogP contribution is 2.48. The predicted octanol–water partition coefficient (Wildman–Crippen LogP) is 4.83. The summed E-state index contributed by atoms with van der Waals surface area (Å²) < 4.78 is 17.8. The van der Waals surface area contributed by atoms with E-state index in [1.54, 1.807) is 13.0 Å². The van der Waals surface area contributed by atoms with Crippen molar-refractivity contribution in [2.45, 2.75) is 26.7 Å². The molecule has 1 heterocycles. The van der Waals surface area contributed by atoms with Gasteiger partial charge in [0.25, 0.3) is 0 Å². The van der Waals surface area contributed by atoms with Crippen molar-refractivity contribution in [3.8, 4) is 23.8 Å². The fourth-order valence-electron chi connectivity index (χ4n) is 4.41. The summed E-state index contributed by atoms with van der Waals surface area (Å²) in [5.41, 5.74) is 4.45. The van der Waals surface area contributed by atoms with E-state index in [-0.39, 0.29) is 19.0 Å². The number of ketones is 1. The van der Waals surface area contributed by atoms with Crippen LogP contribution in [0.5, 0.6) is 11.5 Å². The zero-order valence-electron chi connectivity index (χ0n) is 19.2. The molecule has 0 radical (unpaired) electrons. The van der Waals surface area contributed by atoms with Gasteiger partial charge >= 0.3 is 5.97 Å². The number of halogens is 1. The largest absolute Gasteiger partial charge is 0.490 e. The van der Waals surface area contributed by atoms with Crippen LogP contribution < -0.4 is 14.8 Å². The monoisotopic (exact) mass is 569 g/mol. The van der Waals surface area contributed by atoms with E-state index in [1.807, 2.05) is 44.2 Å². The van der Waals surface area contributed by atoms with E-state index in [9.17, 15) is 9.59 Å². The average Bonchev–Trinajstić information content (AvgIpc) is 3.09. The fourth-order valence-corrected chi connectivity index (χ4v) is 5.19. The minimum Gasteiger partial charge on any atom is -0.490 e. The van der Waals surface area contributed by atoms with Gasteiger partial charge in [-0.1, -0.05) is 30.2 Å². The van der Waals surface area contributed by atoms with Gasteiger partial charge in [0.2, 0.25) is 0 Å². The minimum absolute atomic E-state index is 0.0962. The number of carbonyl (C=O) groups is 2. The van der Waals surface area contributed by atoms with Crippen molar-refractivity contribution in [3.63, 3.8) is 0 Å². The van der Waals surface area contributed by atoms with Crippen molar-refractivity contribution in [2.75, 3.05) is 19.8 Å². The average molecular weight is 569 g/mol. The van der Waals surface area contributed by atoms with Crippen LogP contribution in [0.4, 0.5) is 0 Å². The number of fused-ring (bicyclic) bond motifs is 2. The Bertz CT molecular complexity index is 1280. The Morgan fingerprint density at radius 2 is 1.88 bits per heavy atom. The van der Waals surface area contributed by atoms with Crippen LogP contribution in [0.15, 0.2) is 53.2 Å². The lowest BCUT2D eigenvalue weighted by Gasteiger charge is -2.30. The normalized spacial score (nSPS) is 16.4. The Labute approximate surface area is 212 Å². The van der Waals surface area contributed by atoms with Gasteiger partial charge in [0.1, 0.15) is 6.61 Å². The van der Waals surface area contributed by atoms with Gasteiger partial charge in [0.15, 0.2) is 17.3 Å². The van der Waals surface area contributed by atoms with Crippen LogP contribution >= 0.6 is 22.6 Å². The van der Waals surface area contributed by atoms with Gasteiger partial charge in [-0.15, -0.1) is 6.42 Å². The number of rotatable bonds is 7. The molecule has 34 heavy (non-hydrogen) atoms. The number of dihydropyridines is 1.